The van der Waals surface area contributed by atoms with Gasteiger partial charge in [-0.3, -0.25) is 19.3 Å². The van der Waals surface area contributed by atoms with Gasteiger partial charge in [0.05, 0.1) is 17.7 Å². The highest BCUT2D eigenvalue weighted by Crippen LogP contribution is 2.22. The number of hydrogen-bond donors (Lipinski definition) is 0. The summed E-state index contributed by atoms with van der Waals surface area (Å²) < 4.78 is 6.42. The maximum absolute atomic E-state index is 12.3. The fraction of sp³-hybridized carbons (Fsp3) is 0.350. The molecule has 0 radical (unpaired) electrons. The van der Waals surface area contributed by atoms with Crippen molar-refractivity contribution in [3.63, 3.8) is 0 Å². The van der Waals surface area contributed by atoms with Gasteiger partial charge in [0.1, 0.15) is 0 Å². The summed E-state index contributed by atoms with van der Waals surface area (Å²) in [6.07, 6.45) is 2.00. The summed E-state index contributed by atoms with van der Waals surface area (Å²) in [7, 11) is 0. The van der Waals surface area contributed by atoms with Crippen molar-refractivity contribution in [3.05, 3.63) is 63.6 Å². The first-order chi connectivity index (χ1) is 13.5. The molecular weight excluding hydrogens is 362 g/mol. The SMILES string of the molecule is CCCCn1nc(C(=O)OCCCN2C(=O)c3ccccc3C2=O)ccc1=O. The first kappa shape index (κ1) is 19.5. The van der Waals surface area contributed by atoms with Gasteiger partial charge in [-0.2, -0.15) is 5.10 Å². The minimum absolute atomic E-state index is 0.0298. The Labute approximate surface area is 161 Å². The van der Waals surface area contributed by atoms with Crippen molar-refractivity contribution in [2.75, 3.05) is 13.2 Å². The zero-order valence-electron chi connectivity index (χ0n) is 15.6. The Morgan fingerprint density at radius 3 is 2.29 bits per heavy atom. The topological polar surface area (TPSA) is 98.6 Å². The molecule has 0 saturated carbocycles. The van der Waals surface area contributed by atoms with Crippen LogP contribution in [0.25, 0.3) is 0 Å². The summed E-state index contributed by atoms with van der Waals surface area (Å²) in [5.74, 6) is -1.32. The Hall–Kier alpha value is -3.29. The minimum Gasteiger partial charge on any atom is -0.461 e. The molecule has 2 aromatic rings. The summed E-state index contributed by atoms with van der Waals surface area (Å²) in [6.45, 7) is 2.62. The van der Waals surface area contributed by atoms with Crippen LogP contribution in [-0.2, 0) is 11.3 Å². The fourth-order valence-corrected chi connectivity index (χ4v) is 2.93. The molecule has 28 heavy (non-hydrogen) atoms. The van der Waals surface area contributed by atoms with E-state index in [1.807, 2.05) is 6.92 Å². The van der Waals surface area contributed by atoms with E-state index >= 15 is 0 Å². The number of aromatic nitrogens is 2. The van der Waals surface area contributed by atoms with Crippen molar-refractivity contribution in [3.8, 4) is 0 Å². The van der Waals surface area contributed by atoms with Crippen LogP contribution in [0.15, 0.2) is 41.2 Å². The van der Waals surface area contributed by atoms with Gasteiger partial charge in [0.2, 0.25) is 0 Å². The molecular formula is C20H21N3O5. The Morgan fingerprint density at radius 2 is 1.64 bits per heavy atom. The fourth-order valence-electron chi connectivity index (χ4n) is 2.93. The molecule has 2 heterocycles. The van der Waals surface area contributed by atoms with Crippen LogP contribution in [0.4, 0.5) is 0 Å². The van der Waals surface area contributed by atoms with Crippen molar-refractivity contribution < 1.29 is 19.1 Å². The van der Waals surface area contributed by atoms with Crippen molar-refractivity contribution in [2.45, 2.75) is 32.7 Å². The number of ether oxygens (including phenoxy) is 1. The molecule has 1 aliphatic heterocycles. The lowest BCUT2D eigenvalue weighted by molar-refractivity contribution is 0.0473. The highest BCUT2D eigenvalue weighted by atomic mass is 16.5. The predicted molar refractivity (Wildman–Crippen MR) is 100 cm³/mol. The van der Waals surface area contributed by atoms with Crippen molar-refractivity contribution in [2.24, 2.45) is 0 Å². The van der Waals surface area contributed by atoms with Crippen molar-refractivity contribution in [1.29, 1.82) is 0 Å². The third-order valence-corrected chi connectivity index (χ3v) is 4.44. The summed E-state index contributed by atoms with van der Waals surface area (Å²) in [5, 5.41) is 4.03. The zero-order chi connectivity index (χ0) is 20.1. The zero-order valence-corrected chi connectivity index (χ0v) is 15.6. The largest absolute Gasteiger partial charge is 0.461 e. The van der Waals surface area contributed by atoms with Gasteiger partial charge in [0.25, 0.3) is 17.4 Å². The lowest BCUT2D eigenvalue weighted by Gasteiger charge is -2.13. The van der Waals surface area contributed by atoms with Crippen LogP contribution in [-0.4, -0.2) is 45.6 Å². The smallest absolute Gasteiger partial charge is 0.358 e. The number of carbonyl (C=O) groups is 3. The van der Waals surface area contributed by atoms with Gasteiger partial charge in [-0.05, 0) is 31.0 Å². The maximum atomic E-state index is 12.3. The molecule has 146 valence electrons. The van der Waals surface area contributed by atoms with Gasteiger partial charge >= 0.3 is 5.97 Å². The molecule has 0 spiro atoms. The van der Waals surface area contributed by atoms with Gasteiger partial charge < -0.3 is 4.74 Å². The van der Waals surface area contributed by atoms with Crippen LogP contribution >= 0.6 is 0 Å². The van der Waals surface area contributed by atoms with E-state index in [0.717, 1.165) is 17.7 Å². The average molecular weight is 383 g/mol. The van der Waals surface area contributed by atoms with E-state index in [0.29, 0.717) is 24.1 Å². The number of unbranched alkanes of at least 4 members (excludes halogenated alkanes) is 1. The Kier molecular flexibility index (Phi) is 5.98. The van der Waals surface area contributed by atoms with E-state index in [9.17, 15) is 19.2 Å². The maximum Gasteiger partial charge on any atom is 0.358 e. The van der Waals surface area contributed by atoms with Crippen LogP contribution < -0.4 is 5.56 Å². The molecule has 1 aliphatic rings. The monoisotopic (exact) mass is 383 g/mol. The number of carbonyl (C=O) groups excluding carboxylic acids is 3. The third-order valence-electron chi connectivity index (χ3n) is 4.44. The molecule has 1 aromatic heterocycles. The first-order valence-corrected chi connectivity index (χ1v) is 9.23. The number of benzene rings is 1. The molecule has 0 fully saturated rings. The molecule has 0 saturated heterocycles. The number of aryl methyl sites for hydroxylation is 1. The molecule has 3 rings (SSSR count). The number of fused-ring (bicyclic) bond motifs is 1. The van der Waals surface area contributed by atoms with Gasteiger partial charge in [0.15, 0.2) is 5.69 Å². The number of nitrogens with zero attached hydrogens (tertiary/aromatic N) is 3. The predicted octanol–water partition coefficient (Wildman–Crippen LogP) is 1.89. The van der Waals surface area contributed by atoms with Gasteiger partial charge in [-0.1, -0.05) is 25.5 Å². The van der Waals surface area contributed by atoms with E-state index in [1.54, 1.807) is 24.3 Å². The molecule has 2 amide bonds. The van der Waals surface area contributed by atoms with E-state index in [-0.39, 0.29) is 36.2 Å². The minimum atomic E-state index is -0.646. The molecule has 8 nitrogen and oxygen atoms in total. The second-order valence-electron chi connectivity index (χ2n) is 6.43. The standard InChI is InChI=1S/C20H21N3O5/c1-2-3-12-23-17(24)10-9-16(21-23)20(27)28-13-6-11-22-18(25)14-7-4-5-8-15(14)19(22)26/h4-5,7-10H,2-3,6,11-13H2,1H3. The Bertz CT molecular complexity index is 931. The van der Waals surface area contributed by atoms with Crippen LogP contribution in [0.5, 0.6) is 0 Å². The normalized spacial score (nSPS) is 13.0. The second kappa shape index (κ2) is 8.60. The summed E-state index contributed by atoms with van der Waals surface area (Å²) in [6, 6.07) is 9.28. The molecule has 0 N–H and O–H groups in total. The summed E-state index contributed by atoms with van der Waals surface area (Å²) in [4.78, 5) is 49.6. The van der Waals surface area contributed by atoms with Gasteiger partial charge in [0, 0.05) is 19.2 Å². The molecule has 1 aromatic carbocycles. The van der Waals surface area contributed by atoms with E-state index in [1.165, 1.54) is 16.8 Å². The second-order valence-corrected chi connectivity index (χ2v) is 6.43. The number of rotatable bonds is 8. The number of amides is 2. The third kappa shape index (κ3) is 4.00. The van der Waals surface area contributed by atoms with Crippen molar-refractivity contribution >= 4 is 17.8 Å². The van der Waals surface area contributed by atoms with Crippen molar-refractivity contribution in [1.82, 2.24) is 14.7 Å². The lowest BCUT2D eigenvalue weighted by Crippen LogP contribution is -2.31. The Balaban J connectivity index is 1.52. The van der Waals surface area contributed by atoms with Gasteiger partial charge in [-0.25, -0.2) is 9.48 Å². The van der Waals surface area contributed by atoms with E-state index < -0.39 is 5.97 Å². The number of imide groups is 1. The van der Waals surface area contributed by atoms with E-state index in [2.05, 4.69) is 5.10 Å². The first-order valence-electron chi connectivity index (χ1n) is 9.23. The quantitative estimate of drug-likeness (QED) is 0.392. The number of esters is 1. The average Bonchev–Trinajstić information content (AvgIpc) is 2.95. The highest BCUT2D eigenvalue weighted by molar-refractivity contribution is 6.21. The molecule has 0 atom stereocenters. The van der Waals surface area contributed by atoms with Gasteiger partial charge in [-0.15, -0.1) is 0 Å². The van der Waals surface area contributed by atoms with Crippen LogP contribution in [0.3, 0.4) is 0 Å². The molecule has 0 aliphatic carbocycles. The summed E-state index contributed by atoms with van der Waals surface area (Å²) in [5.41, 5.74) is 0.568. The van der Waals surface area contributed by atoms with Crippen LogP contribution in [0.1, 0.15) is 57.4 Å². The van der Waals surface area contributed by atoms with Crippen LogP contribution in [0, 0.1) is 0 Å². The molecule has 0 unspecified atom stereocenters. The number of hydrogen-bond acceptors (Lipinski definition) is 6. The molecule has 0 bridgehead atoms. The lowest BCUT2D eigenvalue weighted by atomic mass is 10.1. The van der Waals surface area contributed by atoms with Crippen LogP contribution in [0.2, 0.25) is 0 Å². The highest BCUT2D eigenvalue weighted by Gasteiger charge is 2.34. The summed E-state index contributed by atoms with van der Waals surface area (Å²) >= 11 is 0. The molecule has 8 heteroatoms. The Morgan fingerprint density at radius 1 is 0.964 bits per heavy atom. The van der Waals surface area contributed by atoms with E-state index in [4.69, 9.17) is 4.74 Å².